The summed E-state index contributed by atoms with van der Waals surface area (Å²) in [7, 11) is -6.87. The highest BCUT2D eigenvalue weighted by Gasteiger charge is 2.31. The van der Waals surface area contributed by atoms with Crippen LogP contribution in [0.2, 0.25) is 5.15 Å². The Morgan fingerprint density at radius 3 is 2.61 bits per heavy atom. The second kappa shape index (κ2) is 4.76. The lowest BCUT2D eigenvalue weighted by molar-refractivity contribution is 0.562. The highest BCUT2D eigenvalue weighted by Crippen LogP contribution is 2.16. The van der Waals surface area contributed by atoms with E-state index < -0.39 is 25.9 Å². The van der Waals surface area contributed by atoms with Crippen LogP contribution in [0.25, 0.3) is 0 Å². The number of hydrogen-bond donors (Lipinski definition) is 1. The highest BCUT2D eigenvalue weighted by molar-refractivity contribution is 7.92. The van der Waals surface area contributed by atoms with Crippen molar-refractivity contribution in [1.82, 2.24) is 9.71 Å². The van der Waals surface area contributed by atoms with Gasteiger partial charge in [-0.3, -0.25) is 0 Å². The second-order valence-corrected chi connectivity index (χ2v) is 8.37. The topological polar surface area (TPSA) is 93.2 Å². The molecule has 2 heterocycles. The van der Waals surface area contributed by atoms with Gasteiger partial charge in [-0.05, 0) is 18.6 Å². The Kier molecular flexibility index (Phi) is 3.63. The summed E-state index contributed by atoms with van der Waals surface area (Å²) in [4.78, 5) is 3.65. The SMILES string of the molecule is O=S1(=O)CCC(NS(=O)(=O)c2ccc(Cl)nc2)C1. The first-order valence-corrected chi connectivity index (χ1v) is 8.81. The number of nitrogens with one attached hydrogen (secondary N) is 1. The fraction of sp³-hybridized carbons (Fsp3) is 0.444. The molecule has 0 aliphatic carbocycles. The van der Waals surface area contributed by atoms with Crippen LogP contribution in [0.1, 0.15) is 6.42 Å². The number of aromatic nitrogens is 1. The maximum absolute atomic E-state index is 11.9. The van der Waals surface area contributed by atoms with Crippen LogP contribution in [-0.2, 0) is 19.9 Å². The number of hydrogen-bond acceptors (Lipinski definition) is 5. The molecule has 1 aliphatic rings. The summed E-state index contributed by atoms with van der Waals surface area (Å²) in [5.41, 5.74) is 0. The van der Waals surface area contributed by atoms with Gasteiger partial charge in [-0.25, -0.2) is 26.5 Å². The summed E-state index contributed by atoms with van der Waals surface area (Å²) >= 11 is 5.56. The molecule has 9 heteroatoms. The van der Waals surface area contributed by atoms with Gasteiger partial charge in [-0.15, -0.1) is 0 Å². The van der Waals surface area contributed by atoms with Crippen LogP contribution in [-0.4, -0.2) is 39.4 Å². The zero-order chi connectivity index (χ0) is 13.4. The standard InChI is InChI=1S/C9H11ClN2O4S2/c10-9-2-1-8(5-11-9)18(15,16)12-7-3-4-17(13,14)6-7/h1-2,5,7,12H,3-4,6H2. The molecule has 1 aromatic rings. The molecule has 0 bridgehead atoms. The third-order valence-corrected chi connectivity index (χ3v) is 6.06. The van der Waals surface area contributed by atoms with Crippen LogP contribution in [0.4, 0.5) is 0 Å². The first-order valence-electron chi connectivity index (χ1n) is 5.13. The molecule has 2 rings (SSSR count). The Hall–Kier alpha value is -0.700. The summed E-state index contributed by atoms with van der Waals surface area (Å²) in [6.45, 7) is 0. The van der Waals surface area contributed by atoms with Crippen LogP contribution >= 0.6 is 11.6 Å². The molecule has 1 aromatic heterocycles. The Labute approximate surface area is 110 Å². The number of sulfone groups is 1. The van der Waals surface area contributed by atoms with E-state index >= 15 is 0 Å². The Morgan fingerprint density at radius 2 is 2.11 bits per heavy atom. The first-order chi connectivity index (χ1) is 8.28. The summed E-state index contributed by atoms with van der Waals surface area (Å²) in [6, 6.07) is 2.11. The number of nitrogens with zero attached hydrogens (tertiary/aromatic N) is 1. The van der Waals surface area contributed by atoms with Gasteiger partial charge in [0.15, 0.2) is 9.84 Å². The molecule has 1 aliphatic heterocycles. The van der Waals surface area contributed by atoms with Gasteiger partial charge in [0, 0.05) is 12.2 Å². The van der Waals surface area contributed by atoms with Gasteiger partial charge in [0.1, 0.15) is 10.0 Å². The van der Waals surface area contributed by atoms with Gasteiger partial charge in [0.25, 0.3) is 0 Å². The molecule has 1 atom stereocenters. The molecule has 18 heavy (non-hydrogen) atoms. The van der Waals surface area contributed by atoms with Crippen molar-refractivity contribution in [2.45, 2.75) is 17.4 Å². The van der Waals surface area contributed by atoms with Gasteiger partial charge in [-0.1, -0.05) is 11.6 Å². The van der Waals surface area contributed by atoms with Gasteiger partial charge in [-0.2, -0.15) is 0 Å². The van der Waals surface area contributed by atoms with E-state index in [1.54, 1.807) is 0 Å². The van der Waals surface area contributed by atoms with Crippen molar-refractivity contribution in [3.63, 3.8) is 0 Å². The van der Waals surface area contributed by atoms with Crippen molar-refractivity contribution in [2.24, 2.45) is 0 Å². The molecule has 1 unspecified atom stereocenters. The fourth-order valence-corrected chi connectivity index (χ4v) is 4.80. The van der Waals surface area contributed by atoms with Crippen molar-refractivity contribution >= 4 is 31.5 Å². The highest BCUT2D eigenvalue weighted by atomic mass is 35.5. The van der Waals surface area contributed by atoms with E-state index in [1.165, 1.54) is 12.1 Å². The molecule has 1 saturated heterocycles. The van der Waals surface area contributed by atoms with E-state index in [9.17, 15) is 16.8 Å². The van der Waals surface area contributed by atoms with Gasteiger partial charge in [0.05, 0.1) is 11.5 Å². The van der Waals surface area contributed by atoms with Crippen LogP contribution in [0, 0.1) is 0 Å². The quantitative estimate of drug-likeness (QED) is 0.805. The molecule has 0 radical (unpaired) electrons. The minimum Gasteiger partial charge on any atom is -0.243 e. The molecule has 6 nitrogen and oxygen atoms in total. The van der Waals surface area contributed by atoms with E-state index in [-0.39, 0.29) is 21.6 Å². The molecule has 0 aromatic carbocycles. The maximum Gasteiger partial charge on any atom is 0.242 e. The van der Waals surface area contributed by atoms with Crippen LogP contribution in [0.3, 0.4) is 0 Å². The lowest BCUT2D eigenvalue weighted by Gasteiger charge is -2.11. The zero-order valence-corrected chi connectivity index (χ0v) is 11.6. The molecular formula is C9H11ClN2O4S2. The van der Waals surface area contributed by atoms with E-state index in [0.29, 0.717) is 6.42 Å². The van der Waals surface area contributed by atoms with E-state index in [2.05, 4.69) is 9.71 Å². The Bertz CT molecular complexity index is 640. The molecule has 1 N–H and O–H groups in total. The average molecular weight is 311 g/mol. The normalized spacial score (nSPS) is 23.1. The van der Waals surface area contributed by atoms with Gasteiger partial charge >= 0.3 is 0 Å². The van der Waals surface area contributed by atoms with Crippen molar-refractivity contribution in [3.05, 3.63) is 23.5 Å². The van der Waals surface area contributed by atoms with E-state index in [4.69, 9.17) is 11.6 Å². The van der Waals surface area contributed by atoms with Gasteiger partial charge in [0.2, 0.25) is 10.0 Å². The summed E-state index contributed by atoms with van der Waals surface area (Å²) in [5.74, 6) is -0.147. The third-order valence-electron chi connectivity index (χ3n) is 2.56. The zero-order valence-electron chi connectivity index (χ0n) is 9.21. The largest absolute Gasteiger partial charge is 0.243 e. The smallest absolute Gasteiger partial charge is 0.242 e. The Balaban J connectivity index is 2.16. The summed E-state index contributed by atoms with van der Waals surface area (Å²) < 4.78 is 48.7. The molecule has 0 amide bonds. The van der Waals surface area contributed by atoms with Crippen LogP contribution in [0.15, 0.2) is 23.2 Å². The molecule has 0 spiro atoms. The predicted octanol–water partition coefficient (Wildman–Crippen LogP) is 0.200. The Morgan fingerprint density at radius 1 is 1.39 bits per heavy atom. The molecular weight excluding hydrogens is 300 g/mol. The predicted molar refractivity (Wildman–Crippen MR) is 66.6 cm³/mol. The monoisotopic (exact) mass is 310 g/mol. The molecule has 100 valence electrons. The van der Waals surface area contributed by atoms with Crippen molar-refractivity contribution in [2.75, 3.05) is 11.5 Å². The van der Waals surface area contributed by atoms with Crippen molar-refractivity contribution in [3.8, 4) is 0 Å². The van der Waals surface area contributed by atoms with E-state index in [1.807, 2.05) is 0 Å². The number of sulfonamides is 1. The number of rotatable bonds is 3. The number of pyridine rings is 1. The van der Waals surface area contributed by atoms with Crippen molar-refractivity contribution in [1.29, 1.82) is 0 Å². The van der Waals surface area contributed by atoms with E-state index in [0.717, 1.165) is 6.20 Å². The lowest BCUT2D eigenvalue weighted by Crippen LogP contribution is -2.35. The van der Waals surface area contributed by atoms with Crippen LogP contribution < -0.4 is 4.72 Å². The fourth-order valence-electron chi connectivity index (χ4n) is 1.70. The minimum atomic E-state index is -3.75. The van der Waals surface area contributed by atoms with Crippen LogP contribution in [0.5, 0.6) is 0 Å². The summed E-state index contributed by atoms with van der Waals surface area (Å²) in [6.07, 6.45) is 1.43. The molecule has 1 fully saturated rings. The first kappa shape index (κ1) is 13.7. The van der Waals surface area contributed by atoms with Crippen molar-refractivity contribution < 1.29 is 16.8 Å². The maximum atomic E-state index is 11.9. The summed E-state index contributed by atoms with van der Waals surface area (Å²) in [5, 5.41) is 0.192. The second-order valence-electron chi connectivity index (χ2n) is 4.04. The lowest BCUT2D eigenvalue weighted by atomic mass is 10.3. The van der Waals surface area contributed by atoms with Gasteiger partial charge < -0.3 is 0 Å². The average Bonchev–Trinajstić information content (AvgIpc) is 2.57. The molecule has 0 saturated carbocycles. The minimum absolute atomic E-state index is 0.0130. The number of halogens is 1. The third kappa shape index (κ3) is 3.19.